The second-order valence-corrected chi connectivity index (χ2v) is 9.05. The summed E-state index contributed by atoms with van der Waals surface area (Å²) in [6.07, 6.45) is 5.12. The quantitative estimate of drug-likeness (QED) is 0.377. The van der Waals surface area contributed by atoms with Gasteiger partial charge in [0.2, 0.25) is 0 Å². The van der Waals surface area contributed by atoms with Gasteiger partial charge in [-0.15, -0.1) is 11.3 Å². The topological polar surface area (TPSA) is 117 Å². The molecule has 0 saturated heterocycles. The lowest BCUT2D eigenvalue weighted by atomic mass is 10.0. The summed E-state index contributed by atoms with van der Waals surface area (Å²) in [5, 5.41) is 17.0. The molecule has 0 saturated carbocycles. The summed E-state index contributed by atoms with van der Waals surface area (Å²) in [7, 11) is 0. The predicted molar refractivity (Wildman–Crippen MR) is 123 cm³/mol. The second kappa shape index (κ2) is 7.72. The molecule has 0 radical (unpaired) electrons. The minimum absolute atomic E-state index is 0.210. The Labute approximate surface area is 187 Å². The molecule has 5 aromatic heterocycles. The molecule has 32 heavy (non-hydrogen) atoms. The third kappa shape index (κ3) is 3.38. The largest absolute Gasteiger partial charge is 0.342 e. The summed E-state index contributed by atoms with van der Waals surface area (Å²) in [5.74, 6) is 0.386. The van der Waals surface area contributed by atoms with Crippen LogP contribution in [0.1, 0.15) is 45.4 Å². The zero-order valence-corrected chi connectivity index (χ0v) is 18.9. The Kier molecular flexibility index (Phi) is 4.86. The van der Waals surface area contributed by atoms with Crippen molar-refractivity contribution >= 4 is 22.9 Å². The molecule has 0 fully saturated rings. The summed E-state index contributed by atoms with van der Waals surface area (Å²) in [6.45, 7) is 7.85. The van der Waals surface area contributed by atoms with Gasteiger partial charge in [0.05, 0.1) is 34.1 Å². The molecule has 9 nitrogen and oxygen atoms in total. The molecule has 0 aromatic carbocycles. The monoisotopic (exact) mass is 446 g/mol. The number of carbonyl (C=O) groups is 1. The molecule has 0 spiro atoms. The summed E-state index contributed by atoms with van der Waals surface area (Å²) in [4.78, 5) is 24.4. The van der Waals surface area contributed by atoms with E-state index in [2.05, 4.69) is 49.8 Å². The molecule has 0 bridgehead atoms. The van der Waals surface area contributed by atoms with Gasteiger partial charge in [-0.2, -0.15) is 10.2 Å². The van der Waals surface area contributed by atoms with Crippen molar-refractivity contribution in [1.82, 2.24) is 40.1 Å². The zero-order chi connectivity index (χ0) is 22.4. The van der Waals surface area contributed by atoms with E-state index in [0.29, 0.717) is 11.4 Å². The van der Waals surface area contributed by atoms with E-state index < -0.39 is 0 Å². The molecule has 10 heteroatoms. The average molecular weight is 447 g/mol. The molecular weight excluding hydrogens is 424 g/mol. The third-order valence-corrected chi connectivity index (χ3v) is 6.47. The van der Waals surface area contributed by atoms with Crippen molar-refractivity contribution in [3.63, 3.8) is 0 Å². The molecule has 5 rings (SSSR count). The molecule has 3 N–H and O–H groups in total. The number of hydrogen-bond donors (Lipinski definition) is 3. The molecule has 5 heterocycles. The Morgan fingerprint density at radius 3 is 2.69 bits per heavy atom. The summed E-state index contributed by atoms with van der Waals surface area (Å²) >= 11 is 1.69. The number of nitrogens with zero attached hydrogens (tertiary/aromatic N) is 5. The van der Waals surface area contributed by atoms with Gasteiger partial charge in [0.25, 0.3) is 5.91 Å². The number of aromatic nitrogens is 7. The number of rotatable bonds is 5. The predicted octanol–water partition coefficient (Wildman–Crippen LogP) is 3.99. The van der Waals surface area contributed by atoms with Crippen LogP contribution >= 0.6 is 11.3 Å². The number of nitrogens with one attached hydrogen (secondary N) is 3. The molecule has 1 amide bonds. The van der Waals surface area contributed by atoms with E-state index in [0.717, 1.165) is 38.7 Å². The highest BCUT2D eigenvalue weighted by Gasteiger charge is 2.21. The van der Waals surface area contributed by atoms with E-state index in [4.69, 9.17) is 4.98 Å². The van der Waals surface area contributed by atoms with Crippen LogP contribution in [0.3, 0.4) is 0 Å². The van der Waals surface area contributed by atoms with Crippen LogP contribution in [0.5, 0.6) is 0 Å². The smallest absolute Gasteiger partial charge is 0.253 e. The average Bonchev–Trinajstić information content (AvgIpc) is 3.55. The Morgan fingerprint density at radius 1 is 1.19 bits per heavy atom. The number of thiophene rings is 1. The first-order valence-electron chi connectivity index (χ1n) is 10.2. The normalized spacial score (nSPS) is 12.4. The number of imidazole rings is 1. The maximum atomic E-state index is 13.2. The fourth-order valence-electron chi connectivity index (χ4n) is 3.87. The number of carbonyl (C=O) groups excluding carboxylic acids is 1. The summed E-state index contributed by atoms with van der Waals surface area (Å²) < 4.78 is 1.99. The maximum Gasteiger partial charge on any atom is 0.253 e. The van der Waals surface area contributed by atoms with Crippen molar-refractivity contribution in [2.45, 2.75) is 33.7 Å². The van der Waals surface area contributed by atoms with E-state index in [1.807, 2.05) is 43.6 Å². The van der Waals surface area contributed by atoms with Gasteiger partial charge in [0.15, 0.2) is 0 Å². The van der Waals surface area contributed by atoms with E-state index in [1.165, 1.54) is 11.2 Å². The number of fused-ring (bicyclic) bond motifs is 1. The van der Waals surface area contributed by atoms with Gasteiger partial charge in [-0.25, -0.2) is 9.97 Å². The van der Waals surface area contributed by atoms with E-state index in [1.54, 1.807) is 11.3 Å². The van der Waals surface area contributed by atoms with Crippen molar-refractivity contribution in [2.24, 2.45) is 0 Å². The molecule has 1 atom stereocenters. The van der Waals surface area contributed by atoms with Crippen molar-refractivity contribution in [2.75, 3.05) is 0 Å². The van der Waals surface area contributed by atoms with Crippen molar-refractivity contribution < 1.29 is 4.79 Å². The first-order valence-corrected chi connectivity index (χ1v) is 11.0. The minimum atomic E-state index is -0.316. The van der Waals surface area contributed by atoms with Crippen molar-refractivity contribution in [3.05, 3.63) is 64.6 Å². The number of aromatic amines is 2. The van der Waals surface area contributed by atoms with Crippen LogP contribution in [0.2, 0.25) is 0 Å². The molecule has 1 unspecified atom stereocenters. The molecule has 0 aliphatic rings. The third-order valence-electron chi connectivity index (χ3n) is 5.45. The van der Waals surface area contributed by atoms with Gasteiger partial charge in [0, 0.05) is 27.9 Å². The van der Waals surface area contributed by atoms with Crippen LogP contribution < -0.4 is 5.32 Å². The Morgan fingerprint density at radius 2 is 2.03 bits per heavy atom. The maximum absolute atomic E-state index is 13.2. The Hall–Kier alpha value is -3.79. The van der Waals surface area contributed by atoms with Gasteiger partial charge >= 0.3 is 0 Å². The zero-order valence-electron chi connectivity index (χ0n) is 18.1. The first-order chi connectivity index (χ1) is 15.4. The van der Waals surface area contributed by atoms with Gasteiger partial charge in [-0.1, -0.05) is 0 Å². The first kappa shape index (κ1) is 20.1. The number of aryl methyl sites for hydroxylation is 3. The van der Waals surface area contributed by atoms with Crippen LogP contribution in [0.15, 0.2) is 36.9 Å². The lowest BCUT2D eigenvalue weighted by molar-refractivity contribution is 0.0938. The fourth-order valence-corrected chi connectivity index (χ4v) is 4.74. The van der Waals surface area contributed by atoms with E-state index >= 15 is 0 Å². The molecule has 0 aliphatic heterocycles. The van der Waals surface area contributed by atoms with Crippen LogP contribution in [-0.4, -0.2) is 40.7 Å². The molecule has 5 aromatic rings. The lowest BCUT2D eigenvalue weighted by Crippen LogP contribution is -2.27. The van der Waals surface area contributed by atoms with Gasteiger partial charge < -0.3 is 5.32 Å². The number of H-pyrrole nitrogens is 2. The SMILES string of the molecule is Cc1ccc(-c2cnc3c(-c4c(C)n[nH]c4C)cc(C(=O)NC(C)c4ncn[nH]4)cn23)s1. The summed E-state index contributed by atoms with van der Waals surface area (Å²) in [5.41, 5.74) is 5.82. The number of amides is 1. The lowest BCUT2D eigenvalue weighted by Gasteiger charge is -2.13. The van der Waals surface area contributed by atoms with E-state index in [9.17, 15) is 4.79 Å². The van der Waals surface area contributed by atoms with Crippen LogP contribution in [0.4, 0.5) is 0 Å². The van der Waals surface area contributed by atoms with Crippen molar-refractivity contribution in [1.29, 1.82) is 0 Å². The standard InChI is InChI=1S/C22H22N8OS/c1-11-5-6-18(32-11)17-8-23-21-16(19-12(2)27-28-13(19)3)7-15(9-30(17)21)22(31)26-14(4)20-24-10-25-29-20/h5-10,14H,1-4H3,(H,26,31)(H,27,28)(H,24,25,29). The van der Waals surface area contributed by atoms with Crippen molar-refractivity contribution in [3.8, 4) is 21.7 Å². The van der Waals surface area contributed by atoms with Crippen LogP contribution in [0, 0.1) is 20.8 Å². The molecule has 0 aliphatic carbocycles. The Balaban J connectivity index is 1.66. The highest BCUT2D eigenvalue weighted by Crippen LogP contribution is 2.34. The second-order valence-electron chi connectivity index (χ2n) is 7.76. The van der Waals surface area contributed by atoms with Gasteiger partial charge in [-0.05, 0) is 45.9 Å². The van der Waals surface area contributed by atoms with Crippen LogP contribution in [-0.2, 0) is 0 Å². The summed E-state index contributed by atoms with van der Waals surface area (Å²) in [6, 6.07) is 5.72. The fraction of sp³-hybridized carbons (Fsp3) is 0.227. The number of hydrogen-bond acceptors (Lipinski definition) is 6. The van der Waals surface area contributed by atoms with Crippen LogP contribution in [0.25, 0.3) is 27.3 Å². The highest BCUT2D eigenvalue weighted by molar-refractivity contribution is 7.15. The Bertz CT molecular complexity index is 1410. The molecular formula is C22H22N8OS. The molecule has 162 valence electrons. The van der Waals surface area contributed by atoms with Gasteiger partial charge in [-0.3, -0.25) is 19.4 Å². The van der Waals surface area contributed by atoms with Gasteiger partial charge in [0.1, 0.15) is 17.8 Å². The number of pyridine rings is 1. The highest BCUT2D eigenvalue weighted by atomic mass is 32.1. The van der Waals surface area contributed by atoms with E-state index in [-0.39, 0.29) is 11.9 Å². The minimum Gasteiger partial charge on any atom is -0.342 e.